The van der Waals surface area contributed by atoms with Crippen molar-refractivity contribution >= 4 is 29.9 Å². The molecule has 23 heavy (non-hydrogen) atoms. The molecule has 1 rings (SSSR count). The number of likely N-dealkylation sites (tertiary alicyclic amines) is 1. The third-order valence-corrected chi connectivity index (χ3v) is 3.99. The highest BCUT2D eigenvalue weighted by Crippen LogP contribution is 2.09. The number of hydrogen-bond donors (Lipinski definition) is 2. The molecule has 0 aromatic carbocycles. The Labute approximate surface area is 160 Å². The molecule has 0 bridgehead atoms. The van der Waals surface area contributed by atoms with Crippen LogP contribution in [0.5, 0.6) is 0 Å². The van der Waals surface area contributed by atoms with E-state index in [0.717, 1.165) is 38.7 Å². The molecule has 1 aliphatic rings. The van der Waals surface area contributed by atoms with E-state index in [1.165, 1.54) is 32.5 Å². The highest BCUT2D eigenvalue weighted by Gasteiger charge is 2.14. The van der Waals surface area contributed by atoms with Crippen LogP contribution in [-0.4, -0.2) is 63.8 Å². The van der Waals surface area contributed by atoms with Crippen LogP contribution in [0.4, 0.5) is 0 Å². The Morgan fingerprint density at radius 2 is 1.83 bits per heavy atom. The maximum atomic E-state index is 5.60. The first kappa shape index (κ1) is 22.9. The van der Waals surface area contributed by atoms with Gasteiger partial charge in [0.15, 0.2) is 5.96 Å². The summed E-state index contributed by atoms with van der Waals surface area (Å²) in [7, 11) is 1.82. The number of rotatable bonds is 10. The average molecular weight is 440 g/mol. The zero-order chi connectivity index (χ0) is 16.2. The van der Waals surface area contributed by atoms with Crippen molar-refractivity contribution in [2.75, 3.05) is 53.0 Å². The Bertz CT molecular complexity index is 307. The van der Waals surface area contributed by atoms with Gasteiger partial charge in [0, 0.05) is 33.3 Å². The van der Waals surface area contributed by atoms with Crippen molar-refractivity contribution < 1.29 is 4.74 Å². The Morgan fingerprint density at radius 3 is 2.43 bits per heavy atom. The molecule has 0 aromatic heterocycles. The second-order valence-corrected chi connectivity index (χ2v) is 6.79. The molecule has 1 atom stereocenters. The highest BCUT2D eigenvalue weighted by atomic mass is 127. The number of ether oxygens (including phenoxy) is 1. The third kappa shape index (κ3) is 12.0. The minimum atomic E-state index is 0. The second kappa shape index (κ2) is 14.3. The van der Waals surface area contributed by atoms with Crippen molar-refractivity contribution in [3.8, 4) is 0 Å². The lowest BCUT2D eigenvalue weighted by molar-refractivity contribution is 0.128. The lowest BCUT2D eigenvalue weighted by Gasteiger charge is -2.21. The van der Waals surface area contributed by atoms with Gasteiger partial charge in [0.05, 0.1) is 6.61 Å². The van der Waals surface area contributed by atoms with Crippen LogP contribution in [0.2, 0.25) is 0 Å². The van der Waals surface area contributed by atoms with Crippen LogP contribution < -0.4 is 10.6 Å². The summed E-state index contributed by atoms with van der Waals surface area (Å²) in [6.45, 7) is 13.8. The second-order valence-electron chi connectivity index (χ2n) is 6.79. The molecule has 1 aliphatic heterocycles. The molecule has 0 radical (unpaired) electrons. The zero-order valence-electron chi connectivity index (χ0n) is 15.4. The molecule has 1 heterocycles. The smallest absolute Gasteiger partial charge is 0.191 e. The summed E-state index contributed by atoms with van der Waals surface area (Å²) in [5, 5.41) is 6.72. The Balaban J connectivity index is 0.00000484. The molecule has 1 saturated heterocycles. The SMILES string of the molecule is CN=C(NCCOCCC(C)C)NCC(C)CN1CCCC1.I. The molecular weight excluding hydrogens is 403 g/mol. The monoisotopic (exact) mass is 440 g/mol. The molecule has 0 aromatic rings. The molecule has 5 nitrogen and oxygen atoms in total. The van der Waals surface area contributed by atoms with E-state index < -0.39 is 0 Å². The van der Waals surface area contributed by atoms with E-state index >= 15 is 0 Å². The summed E-state index contributed by atoms with van der Waals surface area (Å²) in [5.74, 6) is 2.22. The van der Waals surface area contributed by atoms with Crippen molar-refractivity contribution in [1.82, 2.24) is 15.5 Å². The average Bonchev–Trinajstić information content (AvgIpc) is 2.98. The van der Waals surface area contributed by atoms with Gasteiger partial charge in [0.2, 0.25) is 0 Å². The van der Waals surface area contributed by atoms with Gasteiger partial charge in [-0.3, -0.25) is 4.99 Å². The van der Waals surface area contributed by atoms with Gasteiger partial charge in [0.25, 0.3) is 0 Å². The topological polar surface area (TPSA) is 48.9 Å². The molecule has 0 aliphatic carbocycles. The summed E-state index contributed by atoms with van der Waals surface area (Å²) in [6.07, 6.45) is 3.85. The lowest BCUT2D eigenvalue weighted by atomic mass is 10.1. The van der Waals surface area contributed by atoms with Gasteiger partial charge in [-0.1, -0.05) is 20.8 Å². The first-order valence-electron chi connectivity index (χ1n) is 8.86. The van der Waals surface area contributed by atoms with Gasteiger partial charge in [-0.15, -0.1) is 24.0 Å². The number of hydrogen-bond acceptors (Lipinski definition) is 3. The number of aliphatic imine (C=N–C) groups is 1. The number of halogens is 1. The van der Waals surface area contributed by atoms with E-state index in [4.69, 9.17) is 4.74 Å². The quantitative estimate of drug-likeness (QED) is 0.237. The van der Waals surface area contributed by atoms with Crippen molar-refractivity contribution in [1.29, 1.82) is 0 Å². The summed E-state index contributed by atoms with van der Waals surface area (Å²) < 4.78 is 5.60. The molecule has 138 valence electrons. The van der Waals surface area contributed by atoms with Crippen LogP contribution >= 0.6 is 24.0 Å². The summed E-state index contributed by atoms with van der Waals surface area (Å²) >= 11 is 0. The van der Waals surface area contributed by atoms with Gasteiger partial charge in [-0.2, -0.15) is 0 Å². The summed E-state index contributed by atoms with van der Waals surface area (Å²) in [6, 6.07) is 0. The van der Waals surface area contributed by atoms with Gasteiger partial charge in [-0.25, -0.2) is 0 Å². The minimum absolute atomic E-state index is 0. The van der Waals surface area contributed by atoms with Crippen molar-refractivity contribution in [3.63, 3.8) is 0 Å². The molecule has 1 fully saturated rings. The fourth-order valence-corrected chi connectivity index (χ4v) is 2.62. The van der Waals surface area contributed by atoms with Gasteiger partial charge >= 0.3 is 0 Å². The fraction of sp³-hybridized carbons (Fsp3) is 0.941. The van der Waals surface area contributed by atoms with Gasteiger partial charge in [0.1, 0.15) is 0 Å². The predicted molar refractivity (Wildman–Crippen MR) is 110 cm³/mol. The highest BCUT2D eigenvalue weighted by molar-refractivity contribution is 14.0. The Morgan fingerprint density at radius 1 is 1.13 bits per heavy atom. The number of nitrogens with one attached hydrogen (secondary N) is 2. The first-order chi connectivity index (χ1) is 10.6. The normalized spacial score (nSPS) is 17.2. The first-order valence-corrected chi connectivity index (χ1v) is 8.86. The number of nitrogens with zero attached hydrogens (tertiary/aromatic N) is 2. The third-order valence-electron chi connectivity index (χ3n) is 3.99. The van der Waals surface area contributed by atoms with Crippen LogP contribution in [0.25, 0.3) is 0 Å². The van der Waals surface area contributed by atoms with E-state index in [-0.39, 0.29) is 24.0 Å². The largest absolute Gasteiger partial charge is 0.380 e. The van der Waals surface area contributed by atoms with E-state index in [1.54, 1.807) is 0 Å². The number of guanidine groups is 1. The maximum Gasteiger partial charge on any atom is 0.191 e. The molecule has 0 amide bonds. The van der Waals surface area contributed by atoms with Crippen LogP contribution in [0, 0.1) is 11.8 Å². The van der Waals surface area contributed by atoms with Gasteiger partial charge in [-0.05, 0) is 44.2 Å². The van der Waals surface area contributed by atoms with Crippen LogP contribution in [0.15, 0.2) is 4.99 Å². The predicted octanol–water partition coefficient (Wildman–Crippen LogP) is 2.56. The maximum absolute atomic E-state index is 5.60. The van der Waals surface area contributed by atoms with Crippen molar-refractivity contribution in [2.45, 2.75) is 40.0 Å². The Hall–Kier alpha value is -0.0800. The molecular formula is C17H37IN4O. The molecule has 2 N–H and O–H groups in total. The van der Waals surface area contributed by atoms with E-state index in [1.807, 2.05) is 7.05 Å². The zero-order valence-corrected chi connectivity index (χ0v) is 17.8. The standard InChI is InChI=1S/C17H36N4O.HI/c1-15(2)7-11-22-12-8-19-17(18-4)20-13-16(3)14-21-9-5-6-10-21;/h15-16H,5-14H2,1-4H3,(H2,18,19,20);1H. The Kier molecular flexibility index (Phi) is 14.2. The van der Waals surface area contributed by atoms with E-state index in [9.17, 15) is 0 Å². The van der Waals surface area contributed by atoms with Crippen LogP contribution in [0.3, 0.4) is 0 Å². The van der Waals surface area contributed by atoms with E-state index in [0.29, 0.717) is 11.8 Å². The molecule has 1 unspecified atom stereocenters. The van der Waals surface area contributed by atoms with E-state index in [2.05, 4.69) is 41.3 Å². The molecule has 0 spiro atoms. The minimum Gasteiger partial charge on any atom is -0.380 e. The molecule has 6 heteroatoms. The van der Waals surface area contributed by atoms with Crippen LogP contribution in [-0.2, 0) is 4.74 Å². The van der Waals surface area contributed by atoms with Crippen LogP contribution in [0.1, 0.15) is 40.0 Å². The molecule has 0 saturated carbocycles. The lowest BCUT2D eigenvalue weighted by Crippen LogP contribution is -2.42. The fourth-order valence-electron chi connectivity index (χ4n) is 2.62. The summed E-state index contributed by atoms with van der Waals surface area (Å²) in [5.41, 5.74) is 0. The summed E-state index contributed by atoms with van der Waals surface area (Å²) in [4.78, 5) is 6.82. The van der Waals surface area contributed by atoms with Crippen molar-refractivity contribution in [3.05, 3.63) is 0 Å². The van der Waals surface area contributed by atoms with Crippen molar-refractivity contribution in [2.24, 2.45) is 16.8 Å². The van der Waals surface area contributed by atoms with Gasteiger partial charge < -0.3 is 20.3 Å².